The summed E-state index contributed by atoms with van der Waals surface area (Å²) in [5.74, 6) is 0. The van der Waals surface area contributed by atoms with E-state index < -0.39 is 0 Å². The third kappa shape index (κ3) is 3.53. The van der Waals surface area contributed by atoms with Crippen LogP contribution in [-0.2, 0) is 18.0 Å². The van der Waals surface area contributed by atoms with Crippen LogP contribution in [0.1, 0.15) is 36.8 Å². The molecule has 3 N–H and O–H groups in total. The molecule has 17 heavy (non-hydrogen) atoms. The van der Waals surface area contributed by atoms with E-state index in [1.807, 2.05) is 24.3 Å². The van der Waals surface area contributed by atoms with Gasteiger partial charge in [-0.2, -0.15) is 0 Å². The van der Waals surface area contributed by atoms with Crippen LogP contribution in [-0.4, -0.2) is 17.3 Å². The van der Waals surface area contributed by atoms with E-state index in [0.29, 0.717) is 6.61 Å². The lowest BCUT2D eigenvalue weighted by Crippen LogP contribution is -2.39. The summed E-state index contributed by atoms with van der Waals surface area (Å²) in [6, 6.07) is 8.05. The molecule has 2 unspecified atom stereocenters. The van der Waals surface area contributed by atoms with Crippen LogP contribution < -0.4 is 5.73 Å². The minimum absolute atomic E-state index is 0.0919. The van der Waals surface area contributed by atoms with Crippen LogP contribution in [0.3, 0.4) is 0 Å². The Labute approximate surface area is 103 Å². The Morgan fingerprint density at radius 3 is 2.41 bits per heavy atom. The van der Waals surface area contributed by atoms with E-state index in [4.69, 9.17) is 15.6 Å². The second-order valence-electron chi connectivity index (χ2n) is 4.77. The van der Waals surface area contributed by atoms with Crippen LogP contribution >= 0.6 is 0 Å². The predicted octanol–water partition coefficient (Wildman–Crippen LogP) is 1.97. The molecule has 94 valence electrons. The molecule has 0 heterocycles. The Morgan fingerprint density at radius 2 is 1.76 bits per heavy atom. The normalized spacial score (nSPS) is 24.8. The van der Waals surface area contributed by atoms with Crippen LogP contribution in [0, 0.1) is 0 Å². The van der Waals surface area contributed by atoms with Crippen LogP contribution in [0.2, 0.25) is 0 Å². The number of hydrogen-bond acceptors (Lipinski definition) is 3. The van der Waals surface area contributed by atoms with Gasteiger partial charge in [-0.05, 0) is 24.0 Å². The van der Waals surface area contributed by atoms with Gasteiger partial charge in [0.25, 0.3) is 0 Å². The van der Waals surface area contributed by atoms with E-state index in [-0.39, 0.29) is 18.8 Å². The fraction of sp³-hybridized carbons (Fsp3) is 0.571. The summed E-state index contributed by atoms with van der Waals surface area (Å²) < 4.78 is 5.87. The van der Waals surface area contributed by atoms with Crippen molar-refractivity contribution >= 4 is 0 Å². The smallest absolute Gasteiger partial charge is 0.0730 e. The first-order valence-electron chi connectivity index (χ1n) is 6.35. The van der Waals surface area contributed by atoms with Gasteiger partial charge in [0.2, 0.25) is 0 Å². The Bertz CT molecular complexity index is 337. The van der Waals surface area contributed by atoms with E-state index in [1.54, 1.807) is 0 Å². The largest absolute Gasteiger partial charge is 0.392 e. The molecule has 2 atom stereocenters. The van der Waals surface area contributed by atoms with Gasteiger partial charge in [-0.3, -0.25) is 0 Å². The van der Waals surface area contributed by atoms with E-state index >= 15 is 0 Å². The molecule has 1 aromatic carbocycles. The van der Waals surface area contributed by atoms with Crippen LogP contribution in [0.5, 0.6) is 0 Å². The van der Waals surface area contributed by atoms with Gasteiger partial charge in [0, 0.05) is 6.04 Å². The molecule has 1 fully saturated rings. The maximum atomic E-state index is 8.95. The average molecular weight is 235 g/mol. The van der Waals surface area contributed by atoms with Crippen molar-refractivity contribution < 1.29 is 9.84 Å². The highest BCUT2D eigenvalue weighted by atomic mass is 16.5. The molecule has 0 amide bonds. The third-order valence-electron chi connectivity index (χ3n) is 3.42. The third-order valence-corrected chi connectivity index (χ3v) is 3.42. The van der Waals surface area contributed by atoms with Crippen molar-refractivity contribution in [2.45, 2.75) is 51.0 Å². The zero-order valence-corrected chi connectivity index (χ0v) is 10.1. The van der Waals surface area contributed by atoms with Gasteiger partial charge in [0.15, 0.2) is 0 Å². The number of hydrogen-bond donors (Lipinski definition) is 2. The van der Waals surface area contributed by atoms with Crippen molar-refractivity contribution in [2.24, 2.45) is 5.73 Å². The minimum atomic E-state index is 0.0919. The molecule has 0 bridgehead atoms. The number of ether oxygens (including phenoxy) is 1. The van der Waals surface area contributed by atoms with E-state index in [2.05, 4.69) is 0 Å². The summed E-state index contributed by atoms with van der Waals surface area (Å²) in [4.78, 5) is 0. The Kier molecular flexibility index (Phi) is 4.54. The average Bonchev–Trinajstić information content (AvgIpc) is 2.38. The zero-order valence-electron chi connectivity index (χ0n) is 10.1. The number of nitrogens with two attached hydrogens (primary N) is 1. The van der Waals surface area contributed by atoms with Crippen molar-refractivity contribution in [3.8, 4) is 0 Å². The molecule has 0 aromatic heterocycles. The van der Waals surface area contributed by atoms with Crippen molar-refractivity contribution in [3.63, 3.8) is 0 Å². The van der Waals surface area contributed by atoms with Crippen LogP contribution in [0.25, 0.3) is 0 Å². The Balaban J connectivity index is 1.84. The number of benzene rings is 1. The predicted molar refractivity (Wildman–Crippen MR) is 67.4 cm³/mol. The first kappa shape index (κ1) is 12.6. The number of rotatable bonds is 4. The molecule has 0 radical (unpaired) electrons. The molecule has 1 aliphatic rings. The summed E-state index contributed by atoms with van der Waals surface area (Å²) in [5.41, 5.74) is 8.10. The topological polar surface area (TPSA) is 55.5 Å². The van der Waals surface area contributed by atoms with Gasteiger partial charge in [0.05, 0.1) is 19.3 Å². The molecular weight excluding hydrogens is 214 g/mol. The maximum Gasteiger partial charge on any atom is 0.0730 e. The number of aliphatic hydroxyl groups excluding tert-OH is 1. The lowest BCUT2D eigenvalue weighted by molar-refractivity contribution is 0.00403. The highest BCUT2D eigenvalue weighted by Crippen LogP contribution is 2.20. The second-order valence-corrected chi connectivity index (χ2v) is 4.77. The first-order chi connectivity index (χ1) is 8.29. The quantitative estimate of drug-likeness (QED) is 0.839. The van der Waals surface area contributed by atoms with Gasteiger partial charge < -0.3 is 15.6 Å². The summed E-state index contributed by atoms with van der Waals surface area (Å²) >= 11 is 0. The van der Waals surface area contributed by atoms with Gasteiger partial charge in [0.1, 0.15) is 0 Å². The molecule has 3 nitrogen and oxygen atoms in total. The Hall–Kier alpha value is -0.900. The summed E-state index contributed by atoms with van der Waals surface area (Å²) in [6.45, 7) is 0.707. The van der Waals surface area contributed by atoms with Crippen molar-refractivity contribution in [1.29, 1.82) is 0 Å². The molecule has 1 saturated carbocycles. The van der Waals surface area contributed by atoms with Gasteiger partial charge >= 0.3 is 0 Å². The summed E-state index contributed by atoms with van der Waals surface area (Å²) in [5, 5.41) is 8.95. The Morgan fingerprint density at radius 1 is 1.12 bits per heavy atom. The van der Waals surface area contributed by atoms with Gasteiger partial charge in [-0.1, -0.05) is 37.1 Å². The van der Waals surface area contributed by atoms with E-state index in [1.165, 1.54) is 12.8 Å². The fourth-order valence-electron chi connectivity index (χ4n) is 2.28. The zero-order chi connectivity index (χ0) is 12.1. The lowest BCUT2D eigenvalue weighted by atomic mass is 9.93. The monoisotopic (exact) mass is 235 g/mol. The lowest BCUT2D eigenvalue weighted by Gasteiger charge is -2.28. The second kappa shape index (κ2) is 6.15. The maximum absolute atomic E-state index is 8.95. The van der Waals surface area contributed by atoms with Crippen molar-refractivity contribution in [1.82, 2.24) is 0 Å². The minimum Gasteiger partial charge on any atom is -0.392 e. The molecule has 3 heteroatoms. The standard InChI is InChI=1S/C14H21NO2/c15-13-3-1-2-4-14(13)17-10-12-7-5-11(9-16)6-8-12/h5-8,13-14,16H,1-4,9-10,15H2. The molecular formula is C14H21NO2. The molecule has 0 aliphatic heterocycles. The number of aliphatic hydroxyl groups is 1. The molecule has 1 aliphatic carbocycles. The highest BCUT2D eigenvalue weighted by Gasteiger charge is 2.22. The fourth-order valence-corrected chi connectivity index (χ4v) is 2.28. The van der Waals surface area contributed by atoms with Crippen molar-refractivity contribution in [3.05, 3.63) is 35.4 Å². The van der Waals surface area contributed by atoms with E-state index in [0.717, 1.165) is 24.0 Å². The van der Waals surface area contributed by atoms with Gasteiger partial charge in [-0.15, -0.1) is 0 Å². The SMILES string of the molecule is NC1CCCCC1OCc1ccc(CO)cc1. The molecule has 2 rings (SSSR count). The summed E-state index contributed by atoms with van der Waals surface area (Å²) in [7, 11) is 0. The summed E-state index contributed by atoms with van der Waals surface area (Å²) in [6.07, 6.45) is 4.82. The first-order valence-corrected chi connectivity index (χ1v) is 6.35. The molecule has 0 saturated heterocycles. The highest BCUT2D eigenvalue weighted by molar-refractivity contribution is 5.21. The van der Waals surface area contributed by atoms with E-state index in [9.17, 15) is 0 Å². The molecule has 0 spiro atoms. The molecule has 1 aromatic rings. The van der Waals surface area contributed by atoms with Crippen LogP contribution in [0.15, 0.2) is 24.3 Å². The van der Waals surface area contributed by atoms with Crippen LogP contribution in [0.4, 0.5) is 0 Å². The van der Waals surface area contributed by atoms with Gasteiger partial charge in [-0.25, -0.2) is 0 Å². The van der Waals surface area contributed by atoms with Crippen molar-refractivity contribution in [2.75, 3.05) is 0 Å².